The van der Waals surface area contributed by atoms with Gasteiger partial charge in [0.2, 0.25) is 5.78 Å². The predicted molar refractivity (Wildman–Crippen MR) is 137 cm³/mol. The van der Waals surface area contributed by atoms with Crippen molar-refractivity contribution >= 4 is 17.5 Å². The number of benzene rings is 3. The molecule has 0 aliphatic carbocycles. The van der Waals surface area contributed by atoms with Gasteiger partial charge in [-0.05, 0) is 53.5 Å². The Labute approximate surface area is 206 Å². The van der Waals surface area contributed by atoms with Gasteiger partial charge in [0.1, 0.15) is 5.75 Å². The number of para-hydroxylation sites is 1. The van der Waals surface area contributed by atoms with E-state index in [-0.39, 0.29) is 5.78 Å². The fourth-order valence-electron chi connectivity index (χ4n) is 4.14. The molecule has 3 aromatic carbocycles. The molecular weight excluding hydrogens is 438 g/mol. The molecule has 0 spiro atoms. The summed E-state index contributed by atoms with van der Waals surface area (Å²) >= 11 is 0. The van der Waals surface area contributed by atoms with Crippen LogP contribution < -0.4 is 4.74 Å². The van der Waals surface area contributed by atoms with Crippen LogP contribution in [0.15, 0.2) is 78.0 Å². The second kappa shape index (κ2) is 11.1. The summed E-state index contributed by atoms with van der Waals surface area (Å²) in [6, 6.07) is 23.7. The zero-order valence-corrected chi connectivity index (χ0v) is 20.5. The first-order valence-electron chi connectivity index (χ1n) is 12.1. The van der Waals surface area contributed by atoms with Gasteiger partial charge >= 0.3 is 5.97 Å². The molecule has 0 amide bonds. The summed E-state index contributed by atoms with van der Waals surface area (Å²) in [7, 11) is 0. The van der Waals surface area contributed by atoms with Gasteiger partial charge in [-0.3, -0.25) is 4.79 Å². The number of carbonyl (C=O) groups is 2. The lowest BCUT2D eigenvalue weighted by molar-refractivity contribution is -0.140. The van der Waals surface area contributed by atoms with Crippen LogP contribution in [-0.2, 0) is 22.5 Å². The number of fused-ring (bicyclic) bond motifs is 1. The third kappa shape index (κ3) is 6.44. The highest BCUT2D eigenvalue weighted by Crippen LogP contribution is 2.29. The lowest BCUT2D eigenvalue weighted by Crippen LogP contribution is -2.25. The molecule has 0 saturated heterocycles. The summed E-state index contributed by atoms with van der Waals surface area (Å²) < 4.78 is 5.85. The number of rotatable bonds is 9. The Bertz CT molecular complexity index is 1180. The molecule has 0 bridgehead atoms. The average Bonchev–Trinajstić information content (AvgIpc) is 3.29. The summed E-state index contributed by atoms with van der Waals surface area (Å²) in [6.45, 7) is 5.67. The van der Waals surface area contributed by atoms with E-state index in [0.29, 0.717) is 17.9 Å². The van der Waals surface area contributed by atoms with E-state index in [4.69, 9.17) is 9.57 Å². The van der Waals surface area contributed by atoms with Crippen LogP contribution in [0.5, 0.6) is 5.75 Å². The van der Waals surface area contributed by atoms with E-state index in [1.165, 1.54) is 6.92 Å². The number of hydrogen-bond donors (Lipinski definition) is 0. The molecule has 180 valence electrons. The highest BCUT2D eigenvalue weighted by Gasteiger charge is 2.29. The first-order chi connectivity index (χ1) is 16.9. The van der Waals surface area contributed by atoms with Crippen molar-refractivity contribution in [2.45, 2.75) is 52.6 Å². The van der Waals surface area contributed by atoms with Gasteiger partial charge in [-0.2, -0.15) is 0 Å². The molecule has 1 unspecified atom stereocenters. The minimum atomic E-state index is -0.454. The number of hydrogen-bond acceptors (Lipinski definition) is 5. The molecule has 5 nitrogen and oxygen atoms in total. The van der Waals surface area contributed by atoms with E-state index in [1.54, 1.807) is 0 Å². The quantitative estimate of drug-likeness (QED) is 0.163. The maximum Gasteiger partial charge on any atom is 0.331 e. The minimum Gasteiger partial charge on any atom is -0.482 e. The lowest BCUT2D eigenvalue weighted by atomic mass is 9.97. The van der Waals surface area contributed by atoms with Crippen molar-refractivity contribution in [3.63, 3.8) is 0 Å². The first-order valence-corrected chi connectivity index (χ1v) is 12.1. The lowest BCUT2D eigenvalue weighted by Gasteiger charge is -2.11. The zero-order chi connectivity index (χ0) is 24.8. The topological polar surface area (TPSA) is 65.0 Å². The van der Waals surface area contributed by atoms with E-state index in [9.17, 15) is 9.59 Å². The van der Waals surface area contributed by atoms with Gasteiger partial charge in [0.15, 0.2) is 6.10 Å². The highest BCUT2D eigenvalue weighted by molar-refractivity contribution is 6.01. The van der Waals surface area contributed by atoms with Crippen LogP contribution >= 0.6 is 0 Å². The molecule has 0 aromatic heterocycles. The van der Waals surface area contributed by atoms with E-state index in [2.05, 4.69) is 31.1 Å². The fourth-order valence-corrected chi connectivity index (χ4v) is 4.14. The molecule has 5 heteroatoms. The molecule has 0 N–H and O–H groups in total. The van der Waals surface area contributed by atoms with E-state index >= 15 is 0 Å². The van der Waals surface area contributed by atoms with E-state index in [0.717, 1.165) is 53.0 Å². The fraction of sp³-hybridized carbons (Fsp3) is 0.300. The van der Waals surface area contributed by atoms with Crippen molar-refractivity contribution in [3.8, 4) is 5.75 Å². The second-order valence-corrected chi connectivity index (χ2v) is 9.41. The number of nitrogens with zero attached hydrogens (tertiary/aromatic N) is 1. The van der Waals surface area contributed by atoms with Gasteiger partial charge < -0.3 is 9.57 Å². The summed E-state index contributed by atoms with van der Waals surface area (Å²) in [4.78, 5) is 29.0. The van der Waals surface area contributed by atoms with E-state index < -0.39 is 12.1 Å². The number of ketones is 1. The maximum atomic E-state index is 12.9. The summed E-state index contributed by atoms with van der Waals surface area (Å²) in [5.41, 5.74) is 5.75. The Morgan fingerprint density at radius 2 is 1.57 bits per heavy atom. The third-order valence-electron chi connectivity index (χ3n) is 6.12. The molecule has 0 fully saturated rings. The standard InChI is InChI=1S/C30H31NO4/c1-20(2)8-17-27(31-35-21(3)32)24-13-9-22(10-14-24)18-23-11-15-25(16-12-23)30(33)29-19-26-6-4-5-7-28(26)34-29/h4-7,9-16,20,29H,8,17-19H2,1-3H3/b31-27+. The Kier molecular flexibility index (Phi) is 7.76. The molecular formula is C30H31NO4. The minimum absolute atomic E-state index is 0.0121. The molecule has 1 aliphatic rings. The van der Waals surface area contributed by atoms with Gasteiger partial charge in [-0.15, -0.1) is 0 Å². The monoisotopic (exact) mass is 469 g/mol. The molecule has 1 heterocycles. The molecule has 1 aliphatic heterocycles. The molecule has 0 saturated carbocycles. The van der Waals surface area contributed by atoms with Crippen molar-refractivity contribution in [1.82, 2.24) is 0 Å². The van der Waals surface area contributed by atoms with Crippen molar-refractivity contribution in [3.05, 3.63) is 101 Å². The number of oxime groups is 1. The average molecular weight is 470 g/mol. The van der Waals surface area contributed by atoms with E-state index in [1.807, 2.05) is 60.7 Å². The van der Waals surface area contributed by atoms with Gasteiger partial charge in [-0.1, -0.05) is 85.7 Å². The Morgan fingerprint density at radius 1 is 0.943 bits per heavy atom. The number of Topliss-reactive ketones (excluding diaryl/α,β-unsaturated/α-hetero) is 1. The number of ether oxygens (including phenoxy) is 1. The number of carbonyl (C=O) groups excluding carboxylic acids is 2. The highest BCUT2D eigenvalue weighted by atomic mass is 16.7. The van der Waals surface area contributed by atoms with Crippen molar-refractivity contribution in [1.29, 1.82) is 0 Å². The second-order valence-electron chi connectivity index (χ2n) is 9.41. The SMILES string of the molecule is CC(=O)O/N=C(\CCC(C)C)c1ccc(Cc2ccc(C(=O)C3Cc4ccccc4O3)cc2)cc1. The zero-order valence-electron chi connectivity index (χ0n) is 20.5. The summed E-state index contributed by atoms with van der Waals surface area (Å²) in [6.07, 6.45) is 2.62. The normalized spacial score (nSPS) is 15.0. The molecule has 3 aromatic rings. The van der Waals surface area contributed by atoms with Crippen molar-refractivity contribution < 1.29 is 19.2 Å². The maximum absolute atomic E-state index is 12.9. The molecule has 35 heavy (non-hydrogen) atoms. The van der Waals surface area contributed by atoms with Crippen LogP contribution in [0.25, 0.3) is 0 Å². The van der Waals surface area contributed by atoms with Crippen molar-refractivity contribution in [2.75, 3.05) is 0 Å². The summed E-state index contributed by atoms with van der Waals surface area (Å²) in [5.74, 6) is 0.922. The smallest absolute Gasteiger partial charge is 0.331 e. The van der Waals surface area contributed by atoms with Gasteiger partial charge in [0.05, 0.1) is 5.71 Å². The molecule has 0 radical (unpaired) electrons. The van der Waals surface area contributed by atoms with Gasteiger partial charge in [0.25, 0.3) is 0 Å². The first kappa shape index (κ1) is 24.4. The molecule has 4 rings (SSSR count). The third-order valence-corrected chi connectivity index (χ3v) is 6.12. The predicted octanol–water partition coefficient (Wildman–Crippen LogP) is 6.17. The van der Waals surface area contributed by atoms with Crippen LogP contribution in [0.3, 0.4) is 0 Å². The van der Waals surface area contributed by atoms with Crippen molar-refractivity contribution in [2.24, 2.45) is 11.1 Å². The van der Waals surface area contributed by atoms with Crippen LogP contribution in [-0.4, -0.2) is 23.6 Å². The Morgan fingerprint density at radius 3 is 2.17 bits per heavy atom. The van der Waals surface area contributed by atoms with Crippen LogP contribution in [0, 0.1) is 5.92 Å². The van der Waals surface area contributed by atoms with Gasteiger partial charge in [-0.25, -0.2) is 4.79 Å². The Balaban J connectivity index is 1.39. The molecule has 1 atom stereocenters. The largest absolute Gasteiger partial charge is 0.482 e. The van der Waals surface area contributed by atoms with Crippen LogP contribution in [0.4, 0.5) is 0 Å². The summed E-state index contributed by atoms with van der Waals surface area (Å²) in [5, 5.41) is 4.08. The Hall–Kier alpha value is -3.73. The van der Waals surface area contributed by atoms with Crippen LogP contribution in [0.1, 0.15) is 66.2 Å². The van der Waals surface area contributed by atoms with Gasteiger partial charge in [0, 0.05) is 18.9 Å². The van der Waals surface area contributed by atoms with Crippen LogP contribution in [0.2, 0.25) is 0 Å².